The molecular weight excluding hydrogens is 1690 g/mol. The minimum absolute atomic E-state index is 0.866. The number of ether oxygens (including phenoxy) is 7. The zero-order chi connectivity index (χ0) is 101. The average molecular weight is 1840 g/mol. The molecule has 19 aromatic carbocycles. The van der Waals surface area contributed by atoms with Crippen molar-refractivity contribution in [2.45, 2.75) is 177 Å². The summed E-state index contributed by atoms with van der Waals surface area (Å²) in [6.07, 6.45) is 6.68. The maximum Gasteiger partial charge on any atom is 0.126 e. The van der Waals surface area contributed by atoms with E-state index in [4.69, 9.17) is 33.2 Å². The van der Waals surface area contributed by atoms with E-state index in [9.17, 15) is 0 Å². The van der Waals surface area contributed by atoms with Gasteiger partial charge in [-0.1, -0.05) is 456 Å². The molecule has 7 nitrogen and oxygen atoms in total. The van der Waals surface area contributed by atoms with Gasteiger partial charge in [-0.2, -0.15) is 0 Å². The fourth-order valence-corrected chi connectivity index (χ4v) is 15.3. The van der Waals surface area contributed by atoms with Crippen molar-refractivity contribution in [3.63, 3.8) is 0 Å². The quantitative estimate of drug-likeness (QED) is 0.114. The number of hydrogen-bond donors (Lipinski definition) is 0. The molecule has 19 aromatic rings. The number of benzene rings is 19. The summed E-state index contributed by atoms with van der Waals surface area (Å²) in [5.41, 5.74) is 13.6. The molecule has 0 fully saturated rings. The first kappa shape index (κ1) is 116. The molecule has 0 N–H and O–H groups in total. The molecule has 0 spiro atoms. The van der Waals surface area contributed by atoms with Crippen molar-refractivity contribution in [1.29, 1.82) is 0 Å². The first-order valence-corrected chi connectivity index (χ1v) is 49.4. The molecular formula is C131H158O7. The highest BCUT2D eigenvalue weighted by Gasteiger charge is 2.08. The second-order valence-electron chi connectivity index (χ2n) is 30.5. The number of aryl methyl sites for hydroxylation is 10. The van der Waals surface area contributed by atoms with Crippen LogP contribution in [0.2, 0.25) is 0 Å². The Morgan fingerprint density at radius 2 is 0.442 bits per heavy atom. The van der Waals surface area contributed by atoms with Gasteiger partial charge in [-0.3, -0.25) is 0 Å². The van der Waals surface area contributed by atoms with E-state index < -0.39 is 0 Å². The Balaban J connectivity index is 0.000000315. The van der Waals surface area contributed by atoms with Crippen LogP contribution >= 0.6 is 0 Å². The Morgan fingerprint density at radius 1 is 0.167 bits per heavy atom. The Morgan fingerprint density at radius 3 is 0.754 bits per heavy atom. The number of para-hydroxylation sites is 1. The summed E-state index contributed by atoms with van der Waals surface area (Å²) in [4.78, 5) is 0. The summed E-state index contributed by atoms with van der Waals surface area (Å²) in [7, 11) is 11.7. The van der Waals surface area contributed by atoms with Gasteiger partial charge in [0.15, 0.2) is 0 Å². The van der Waals surface area contributed by atoms with Gasteiger partial charge in [0.05, 0.1) is 49.8 Å². The highest BCUT2D eigenvalue weighted by Crippen LogP contribution is 2.34. The van der Waals surface area contributed by atoms with Crippen LogP contribution in [0, 0.1) is 27.7 Å². The third kappa shape index (κ3) is 37.5. The summed E-state index contributed by atoms with van der Waals surface area (Å²) < 4.78 is 36.1. The first-order valence-electron chi connectivity index (χ1n) is 49.4. The van der Waals surface area contributed by atoms with Crippen molar-refractivity contribution >= 4 is 86.2 Å². The van der Waals surface area contributed by atoms with Gasteiger partial charge in [-0.15, -0.1) is 0 Å². The van der Waals surface area contributed by atoms with E-state index in [0.29, 0.717) is 0 Å². The largest absolute Gasteiger partial charge is 0.497 e. The van der Waals surface area contributed by atoms with Crippen LogP contribution in [0.25, 0.3) is 86.2 Å². The molecule has 0 bridgehead atoms. The normalized spacial score (nSPS) is 9.59. The predicted octanol–water partition coefficient (Wildman–Crippen LogP) is 37.6. The van der Waals surface area contributed by atoms with Crippen molar-refractivity contribution < 1.29 is 33.2 Å². The summed E-state index contributed by atoms with van der Waals surface area (Å²) in [6, 6.07) is 136. The van der Waals surface area contributed by atoms with E-state index in [-0.39, 0.29) is 0 Å². The fraction of sp³-hybridized carbons (Fsp3) is 0.252. The molecule has 0 aliphatic rings. The Kier molecular flexibility index (Phi) is 57.9. The summed E-state index contributed by atoms with van der Waals surface area (Å²) in [6.45, 7) is 41.5. The minimum Gasteiger partial charge on any atom is -0.497 e. The minimum atomic E-state index is 0.866. The molecule has 0 saturated carbocycles. The van der Waals surface area contributed by atoms with Crippen LogP contribution < -0.4 is 33.2 Å². The number of methoxy groups -OCH3 is 7. The van der Waals surface area contributed by atoms with Gasteiger partial charge >= 0.3 is 0 Å². The van der Waals surface area contributed by atoms with Gasteiger partial charge in [0.25, 0.3) is 0 Å². The molecule has 7 heteroatoms. The van der Waals surface area contributed by atoms with Crippen LogP contribution in [0.5, 0.6) is 40.2 Å². The third-order valence-corrected chi connectivity index (χ3v) is 22.1. The van der Waals surface area contributed by atoms with Gasteiger partial charge in [0.1, 0.15) is 40.2 Å². The SMILES string of the molecule is CC.CC.CC.CC.CC.CCc1ccc2ccccc2c1.CCc1cccc2ccccc12.CCc1cccc2ccccc12.CCc1cccc2ccccc12.CCc1cccc2ccccc12.CCc1cccc2ccccc12.COc1c(C)cc(C)cc1C.COc1ccc(C)cc1.COc1ccc(OC)c2ccccc12.COc1ccc2c(OC)cccc2c1.COc1ccccc1. The van der Waals surface area contributed by atoms with E-state index in [1.54, 1.807) is 49.8 Å². The van der Waals surface area contributed by atoms with Crippen LogP contribution in [0.4, 0.5) is 0 Å². The monoisotopic (exact) mass is 1840 g/mol. The number of fused-ring (bicyclic) bond motifs is 8. The molecule has 138 heavy (non-hydrogen) atoms. The lowest BCUT2D eigenvalue weighted by Gasteiger charge is -2.08. The van der Waals surface area contributed by atoms with Crippen molar-refractivity contribution in [3.05, 3.63) is 450 Å². The van der Waals surface area contributed by atoms with Crippen LogP contribution in [-0.4, -0.2) is 49.8 Å². The molecule has 0 unspecified atom stereocenters. The average Bonchev–Trinajstić information content (AvgIpc) is 0.805. The standard InChI is InChI=1S/2C12H12O2.6C12H12.C10H14O.C8H10O.C7H8O.5C2H6/c1-13-10-6-7-11-9(8-10)4-3-5-12(11)14-2;1-13-11-7-8-12(14-2)10-6-4-3-5-9(10)11;5*1-2-10-7-5-8-11-6-3-4-9-12(10)11;1-2-10-7-8-11-5-3-4-6-12(11)9-10;1-7-5-8(2)10(11-4)9(3)6-7;1-7-3-5-8(9-2)6-4-7;1-8-7-5-3-2-4-6-7;5*1-2/h2*3-8H,1-2H3;6*3-9H,2H2,1H3;5-6H,1-4H3;3-6H,1-2H3;2-6H,1H3;5*1-2H3. The molecule has 724 valence electrons. The maximum atomic E-state index is 5.27. The van der Waals surface area contributed by atoms with Crippen LogP contribution in [0.1, 0.15) is 166 Å². The molecule has 0 aliphatic carbocycles. The van der Waals surface area contributed by atoms with Crippen molar-refractivity contribution in [2.24, 2.45) is 0 Å². The Labute approximate surface area is 830 Å². The second-order valence-corrected chi connectivity index (χ2v) is 30.5. The molecule has 0 atom stereocenters. The molecule has 0 heterocycles. The topological polar surface area (TPSA) is 64.6 Å². The first-order chi connectivity index (χ1) is 67.6. The molecule has 0 saturated heterocycles. The van der Waals surface area contributed by atoms with E-state index in [1.807, 2.05) is 197 Å². The van der Waals surface area contributed by atoms with Crippen molar-refractivity contribution in [2.75, 3.05) is 49.8 Å². The summed E-state index contributed by atoms with van der Waals surface area (Å²) in [5, 5.41) is 20.7. The second kappa shape index (κ2) is 68.8. The van der Waals surface area contributed by atoms with E-state index in [2.05, 4.69) is 336 Å². The van der Waals surface area contributed by atoms with Gasteiger partial charge < -0.3 is 33.2 Å². The van der Waals surface area contributed by atoms with Crippen LogP contribution in [0.15, 0.2) is 394 Å². The third-order valence-electron chi connectivity index (χ3n) is 22.1. The van der Waals surface area contributed by atoms with E-state index in [1.165, 1.54) is 120 Å². The highest BCUT2D eigenvalue weighted by atomic mass is 16.5. The Hall–Kier alpha value is -14.1. The predicted molar refractivity (Wildman–Crippen MR) is 609 cm³/mol. The van der Waals surface area contributed by atoms with Gasteiger partial charge in [-0.05, 0) is 241 Å². The van der Waals surface area contributed by atoms with Crippen LogP contribution in [-0.2, 0) is 38.5 Å². The van der Waals surface area contributed by atoms with E-state index in [0.717, 1.165) is 100 Å². The number of rotatable bonds is 13. The van der Waals surface area contributed by atoms with E-state index >= 15 is 0 Å². The summed E-state index contributed by atoms with van der Waals surface area (Å²) >= 11 is 0. The van der Waals surface area contributed by atoms with Crippen LogP contribution in [0.3, 0.4) is 0 Å². The smallest absolute Gasteiger partial charge is 0.126 e. The maximum absolute atomic E-state index is 5.27. The van der Waals surface area contributed by atoms with Gasteiger partial charge in [0, 0.05) is 16.2 Å². The fourth-order valence-electron chi connectivity index (χ4n) is 15.3. The zero-order valence-electron chi connectivity index (χ0n) is 88.1. The lowest BCUT2D eigenvalue weighted by atomic mass is 10.0. The zero-order valence-corrected chi connectivity index (χ0v) is 88.1. The molecule has 0 aliphatic heterocycles. The van der Waals surface area contributed by atoms with Crippen molar-refractivity contribution in [1.82, 2.24) is 0 Å². The van der Waals surface area contributed by atoms with Gasteiger partial charge in [-0.25, -0.2) is 0 Å². The van der Waals surface area contributed by atoms with Crippen molar-refractivity contribution in [3.8, 4) is 40.2 Å². The molecule has 0 radical (unpaired) electrons. The Bertz CT molecular complexity index is 5970. The molecule has 0 aromatic heterocycles. The van der Waals surface area contributed by atoms with Gasteiger partial charge in [0.2, 0.25) is 0 Å². The molecule has 0 amide bonds. The highest BCUT2D eigenvalue weighted by molar-refractivity contribution is 5.94. The number of hydrogen-bond acceptors (Lipinski definition) is 7. The lowest BCUT2D eigenvalue weighted by Crippen LogP contribution is -1.91. The summed E-state index contributed by atoms with van der Waals surface area (Å²) in [5.74, 6) is 6.35. The lowest BCUT2D eigenvalue weighted by molar-refractivity contribution is 0.408. The molecule has 19 rings (SSSR count).